The summed E-state index contributed by atoms with van der Waals surface area (Å²) in [5.74, 6) is -0.789. The number of rotatable bonds is 4. The van der Waals surface area contributed by atoms with Gasteiger partial charge in [0.25, 0.3) is 0 Å². The van der Waals surface area contributed by atoms with E-state index in [4.69, 9.17) is 10.8 Å². The fourth-order valence-corrected chi connectivity index (χ4v) is 2.08. The molecule has 1 fully saturated rings. The van der Waals surface area contributed by atoms with E-state index in [0.717, 1.165) is 25.8 Å². The first kappa shape index (κ1) is 10.5. The van der Waals surface area contributed by atoms with Crippen LogP contribution >= 0.6 is 0 Å². The van der Waals surface area contributed by atoms with Crippen LogP contribution in [0.15, 0.2) is 0 Å². The van der Waals surface area contributed by atoms with E-state index < -0.39 is 12.0 Å². The molecule has 0 saturated carbocycles. The zero-order valence-electron chi connectivity index (χ0n) is 8.07. The summed E-state index contributed by atoms with van der Waals surface area (Å²) >= 11 is 0. The van der Waals surface area contributed by atoms with E-state index in [0.29, 0.717) is 6.04 Å². The fourth-order valence-electron chi connectivity index (χ4n) is 2.08. The minimum absolute atomic E-state index is 0.214. The summed E-state index contributed by atoms with van der Waals surface area (Å²) in [6, 6.07) is -0.0582. The standard InChI is InChI=1S/C9H18N2O2/c1-2-7-4-3-5-11(7)8(6-10)9(12)13/h7-8H,2-6,10H2,1H3,(H,12,13). The average molecular weight is 186 g/mol. The Labute approximate surface area is 78.7 Å². The third-order valence-electron chi connectivity index (χ3n) is 2.80. The van der Waals surface area contributed by atoms with Crippen molar-refractivity contribution in [2.24, 2.45) is 5.73 Å². The minimum Gasteiger partial charge on any atom is -0.480 e. The second-order valence-electron chi connectivity index (χ2n) is 3.53. The summed E-state index contributed by atoms with van der Waals surface area (Å²) in [6.07, 6.45) is 3.23. The lowest BCUT2D eigenvalue weighted by Crippen LogP contribution is -2.48. The van der Waals surface area contributed by atoms with Gasteiger partial charge in [-0.3, -0.25) is 9.69 Å². The Hall–Kier alpha value is -0.610. The highest BCUT2D eigenvalue weighted by Gasteiger charge is 2.32. The quantitative estimate of drug-likeness (QED) is 0.661. The predicted octanol–water partition coefficient (Wildman–Crippen LogP) is 0.273. The van der Waals surface area contributed by atoms with Gasteiger partial charge in [-0.05, 0) is 25.8 Å². The largest absolute Gasteiger partial charge is 0.480 e. The zero-order valence-corrected chi connectivity index (χ0v) is 8.07. The number of carboxylic acids is 1. The van der Waals surface area contributed by atoms with Gasteiger partial charge >= 0.3 is 5.97 Å². The Morgan fingerprint density at radius 3 is 2.92 bits per heavy atom. The van der Waals surface area contributed by atoms with Crippen molar-refractivity contribution in [3.63, 3.8) is 0 Å². The van der Waals surface area contributed by atoms with Crippen LogP contribution in [0.2, 0.25) is 0 Å². The molecule has 1 heterocycles. The lowest BCUT2D eigenvalue weighted by Gasteiger charge is -2.28. The number of aliphatic carboxylic acids is 1. The van der Waals surface area contributed by atoms with Crippen LogP contribution in [0, 0.1) is 0 Å². The van der Waals surface area contributed by atoms with Crippen molar-refractivity contribution in [2.45, 2.75) is 38.3 Å². The van der Waals surface area contributed by atoms with Crippen LogP contribution in [-0.2, 0) is 4.79 Å². The molecule has 0 aromatic carbocycles. The molecular formula is C9H18N2O2. The monoisotopic (exact) mass is 186 g/mol. The Morgan fingerprint density at radius 1 is 1.77 bits per heavy atom. The van der Waals surface area contributed by atoms with Gasteiger partial charge in [0, 0.05) is 12.6 Å². The molecule has 4 nitrogen and oxygen atoms in total. The van der Waals surface area contributed by atoms with Crippen molar-refractivity contribution in [1.29, 1.82) is 0 Å². The van der Waals surface area contributed by atoms with Gasteiger partial charge in [-0.1, -0.05) is 6.92 Å². The molecule has 0 aromatic rings. The van der Waals surface area contributed by atoms with Gasteiger partial charge in [-0.25, -0.2) is 0 Å². The molecule has 1 aliphatic rings. The van der Waals surface area contributed by atoms with Gasteiger partial charge in [-0.2, -0.15) is 0 Å². The Morgan fingerprint density at radius 2 is 2.46 bits per heavy atom. The number of carboxylic acid groups (broad SMARTS) is 1. The molecular weight excluding hydrogens is 168 g/mol. The summed E-state index contributed by atoms with van der Waals surface area (Å²) in [7, 11) is 0. The Bertz CT molecular complexity index is 184. The summed E-state index contributed by atoms with van der Waals surface area (Å²) in [5.41, 5.74) is 5.45. The van der Waals surface area contributed by atoms with E-state index in [1.807, 2.05) is 4.90 Å². The number of nitrogens with two attached hydrogens (primary N) is 1. The van der Waals surface area contributed by atoms with Crippen LogP contribution in [0.5, 0.6) is 0 Å². The van der Waals surface area contributed by atoms with Crippen LogP contribution in [0.4, 0.5) is 0 Å². The van der Waals surface area contributed by atoms with Crippen LogP contribution in [0.1, 0.15) is 26.2 Å². The maximum Gasteiger partial charge on any atom is 0.322 e. The molecule has 1 aliphatic heterocycles. The predicted molar refractivity (Wildman–Crippen MR) is 50.5 cm³/mol. The maximum absolute atomic E-state index is 10.9. The van der Waals surface area contributed by atoms with Crippen molar-refractivity contribution >= 4 is 5.97 Å². The molecule has 0 aromatic heterocycles. The second kappa shape index (κ2) is 4.58. The van der Waals surface area contributed by atoms with Gasteiger partial charge < -0.3 is 10.8 Å². The van der Waals surface area contributed by atoms with Gasteiger partial charge in [0.1, 0.15) is 6.04 Å². The molecule has 2 unspecified atom stereocenters. The molecule has 1 rings (SSSR count). The molecule has 3 N–H and O–H groups in total. The number of carbonyl (C=O) groups is 1. The number of likely N-dealkylation sites (tertiary alicyclic amines) is 1. The first-order chi connectivity index (χ1) is 6.20. The summed E-state index contributed by atoms with van der Waals surface area (Å²) in [6.45, 7) is 3.19. The van der Waals surface area contributed by atoms with Gasteiger partial charge in [-0.15, -0.1) is 0 Å². The van der Waals surface area contributed by atoms with Crippen molar-refractivity contribution in [3.8, 4) is 0 Å². The molecule has 0 bridgehead atoms. The van der Waals surface area contributed by atoms with Crippen LogP contribution < -0.4 is 5.73 Å². The summed E-state index contributed by atoms with van der Waals surface area (Å²) < 4.78 is 0. The molecule has 2 atom stereocenters. The highest BCUT2D eigenvalue weighted by atomic mass is 16.4. The highest BCUT2D eigenvalue weighted by Crippen LogP contribution is 2.22. The average Bonchev–Trinajstić information content (AvgIpc) is 2.53. The van der Waals surface area contributed by atoms with E-state index in [1.165, 1.54) is 0 Å². The fraction of sp³-hybridized carbons (Fsp3) is 0.889. The Balaban J connectivity index is 2.61. The molecule has 1 saturated heterocycles. The summed E-state index contributed by atoms with van der Waals surface area (Å²) in [5, 5.41) is 8.93. The van der Waals surface area contributed by atoms with E-state index in [9.17, 15) is 4.79 Å². The van der Waals surface area contributed by atoms with Gasteiger partial charge in [0.2, 0.25) is 0 Å². The van der Waals surface area contributed by atoms with E-state index in [2.05, 4.69) is 6.92 Å². The third-order valence-corrected chi connectivity index (χ3v) is 2.80. The SMILES string of the molecule is CCC1CCCN1C(CN)C(=O)O. The van der Waals surface area contributed by atoms with Crippen LogP contribution in [-0.4, -0.2) is 41.1 Å². The van der Waals surface area contributed by atoms with E-state index in [-0.39, 0.29) is 6.54 Å². The third kappa shape index (κ3) is 2.19. The lowest BCUT2D eigenvalue weighted by atomic mass is 10.1. The molecule has 4 heteroatoms. The van der Waals surface area contributed by atoms with Crippen molar-refractivity contribution in [3.05, 3.63) is 0 Å². The normalized spacial score (nSPS) is 26.2. The molecule has 13 heavy (non-hydrogen) atoms. The maximum atomic E-state index is 10.9. The Kier molecular flexibility index (Phi) is 3.69. The van der Waals surface area contributed by atoms with Gasteiger partial charge in [0.05, 0.1) is 0 Å². The first-order valence-corrected chi connectivity index (χ1v) is 4.89. The van der Waals surface area contributed by atoms with Crippen LogP contribution in [0.25, 0.3) is 0 Å². The number of nitrogens with zero attached hydrogens (tertiary/aromatic N) is 1. The first-order valence-electron chi connectivity index (χ1n) is 4.89. The second-order valence-corrected chi connectivity index (χ2v) is 3.53. The molecule has 0 spiro atoms. The number of hydrogen-bond acceptors (Lipinski definition) is 3. The molecule has 0 amide bonds. The smallest absolute Gasteiger partial charge is 0.322 e. The minimum atomic E-state index is -0.789. The topological polar surface area (TPSA) is 66.6 Å². The lowest BCUT2D eigenvalue weighted by molar-refractivity contribution is -0.143. The van der Waals surface area contributed by atoms with Crippen molar-refractivity contribution in [2.75, 3.05) is 13.1 Å². The molecule has 0 radical (unpaired) electrons. The summed E-state index contributed by atoms with van der Waals surface area (Å²) in [4.78, 5) is 12.9. The number of hydrogen-bond donors (Lipinski definition) is 2. The molecule has 76 valence electrons. The van der Waals surface area contributed by atoms with Gasteiger partial charge in [0.15, 0.2) is 0 Å². The van der Waals surface area contributed by atoms with Crippen LogP contribution in [0.3, 0.4) is 0 Å². The van der Waals surface area contributed by atoms with Crippen molar-refractivity contribution < 1.29 is 9.90 Å². The van der Waals surface area contributed by atoms with Crippen molar-refractivity contribution in [1.82, 2.24) is 4.90 Å². The highest BCUT2D eigenvalue weighted by molar-refractivity contribution is 5.73. The zero-order chi connectivity index (χ0) is 9.84. The molecule has 0 aliphatic carbocycles. The van der Waals surface area contributed by atoms with E-state index in [1.54, 1.807) is 0 Å². The van der Waals surface area contributed by atoms with E-state index >= 15 is 0 Å².